The Labute approximate surface area is 637 Å². The number of carbonyl (C=O) groups is 6. The second-order valence-electron chi connectivity index (χ2n) is 28.2. The lowest BCUT2D eigenvalue weighted by Crippen LogP contribution is -2.72. The van der Waals surface area contributed by atoms with Gasteiger partial charge in [0.1, 0.15) is 183 Å². The van der Waals surface area contributed by atoms with Gasteiger partial charge >= 0.3 is 11.9 Å². The number of rotatable bonds is 32. The molecule has 8 aliphatic heterocycles. The van der Waals surface area contributed by atoms with Crippen molar-refractivity contribution >= 4 is 35.6 Å². The van der Waals surface area contributed by atoms with Crippen LogP contribution in [-0.4, -0.2) is 478 Å². The summed E-state index contributed by atoms with van der Waals surface area (Å²) in [5, 5.41) is 296. The van der Waals surface area contributed by atoms with Gasteiger partial charge in [-0.2, -0.15) is 0 Å². The highest BCUT2D eigenvalue weighted by Crippen LogP contribution is 2.42. The molecule has 652 valence electrons. The largest absolute Gasteiger partial charge is 0.477 e. The summed E-state index contributed by atoms with van der Waals surface area (Å²) in [6.45, 7) is -6.18. The van der Waals surface area contributed by atoms with Crippen molar-refractivity contribution in [2.45, 2.75) is 297 Å². The van der Waals surface area contributed by atoms with Crippen molar-refractivity contribution in [3.05, 3.63) is 0 Å². The summed E-state index contributed by atoms with van der Waals surface area (Å²) >= 11 is 0. The molecule has 0 aliphatic carbocycles. The van der Waals surface area contributed by atoms with E-state index in [9.17, 15) is 162 Å². The number of carboxylic acid groups (broad SMARTS) is 2. The van der Waals surface area contributed by atoms with Crippen LogP contribution in [0, 0.1) is 0 Å². The first-order valence-electron chi connectivity index (χ1n) is 35.4. The van der Waals surface area contributed by atoms with Crippen LogP contribution >= 0.6 is 0 Å². The van der Waals surface area contributed by atoms with Gasteiger partial charge in [-0.1, -0.05) is 0 Å². The Morgan fingerprint density at radius 1 is 0.372 bits per heavy atom. The lowest BCUT2D eigenvalue weighted by atomic mass is 9.88. The highest BCUT2D eigenvalue weighted by Gasteiger charge is 2.64. The normalized spacial score (nSPS) is 45.6. The van der Waals surface area contributed by atoms with E-state index in [-0.39, 0.29) is 0 Å². The van der Waals surface area contributed by atoms with E-state index in [1.807, 2.05) is 0 Å². The number of hydrogen-bond donors (Lipinski definition) is 30. The van der Waals surface area contributed by atoms with E-state index < -0.39 is 358 Å². The number of aliphatic carboxylic acids is 2. The molecule has 113 heavy (non-hydrogen) atoms. The Balaban J connectivity index is 1.21. The second-order valence-corrected chi connectivity index (χ2v) is 28.2. The molecule has 51 nitrogen and oxygen atoms in total. The summed E-state index contributed by atoms with van der Waals surface area (Å²) in [7, 11) is 0. The Hall–Kier alpha value is -4.74. The van der Waals surface area contributed by atoms with Crippen molar-refractivity contribution < 1.29 is 233 Å². The minimum atomic E-state index is -3.43. The summed E-state index contributed by atoms with van der Waals surface area (Å²) in [6.07, 6.45) is -83.8. The molecule has 0 bridgehead atoms. The average Bonchev–Trinajstić information content (AvgIpc) is 0.766. The van der Waals surface area contributed by atoms with Crippen LogP contribution in [0.1, 0.15) is 40.5 Å². The van der Waals surface area contributed by atoms with Crippen molar-refractivity contribution in [3.8, 4) is 0 Å². The van der Waals surface area contributed by atoms with Gasteiger partial charge in [-0.25, -0.2) is 9.59 Å². The molecule has 8 saturated heterocycles. The van der Waals surface area contributed by atoms with Crippen molar-refractivity contribution in [1.82, 2.24) is 21.3 Å². The predicted molar refractivity (Wildman–Crippen MR) is 345 cm³/mol. The lowest BCUT2D eigenvalue weighted by molar-refractivity contribution is -0.392. The van der Waals surface area contributed by atoms with Crippen molar-refractivity contribution in [2.75, 3.05) is 52.9 Å². The highest BCUT2D eigenvalue weighted by molar-refractivity contribution is 5.78. The third-order valence-electron chi connectivity index (χ3n) is 20.2. The molecule has 42 atom stereocenters. The monoisotopic (exact) mass is 1650 g/mol. The van der Waals surface area contributed by atoms with Gasteiger partial charge in [0.25, 0.3) is 11.6 Å². The van der Waals surface area contributed by atoms with E-state index in [0.29, 0.717) is 0 Å². The number of carbonyl (C=O) groups excluding carboxylic acids is 4. The number of ether oxygens (including phenoxy) is 15. The minimum absolute atomic E-state index is 0.794. The molecule has 51 heteroatoms. The highest BCUT2D eigenvalue weighted by atomic mass is 16.8. The van der Waals surface area contributed by atoms with Crippen LogP contribution in [0.3, 0.4) is 0 Å². The zero-order valence-corrected chi connectivity index (χ0v) is 60.4. The minimum Gasteiger partial charge on any atom is -0.477 e. The van der Waals surface area contributed by atoms with Gasteiger partial charge in [0.2, 0.25) is 23.6 Å². The molecule has 1 unspecified atom stereocenters. The number of hydrogen-bond acceptors (Lipinski definition) is 45. The first-order chi connectivity index (χ1) is 53.1. The van der Waals surface area contributed by atoms with Gasteiger partial charge in [0.05, 0.1) is 77.1 Å². The van der Waals surface area contributed by atoms with Crippen molar-refractivity contribution in [2.24, 2.45) is 0 Å². The summed E-state index contributed by atoms with van der Waals surface area (Å²) in [6, 6.07) is -7.83. The standard InChI is InChI=1S/C62H102N4O47/c1-15(73)63-29-19(77)5-61(59(95)96,111-49(29)33(81)21(79)7-67)100-14-28-37(85)48(109-58-45(93)52(36(84)24(10-70)103-58)113-62(60(97)98)6-20(78)30(64-16(2)74)50(112-62)34(82)22(80)8-68)32(66-18(4)76)55(105-28)110-51-38(86)27(106-57(44(51)92)108-47-25(11-71)101-53(94)42(90)41(47)89)13-99-54-31(65-17(3)75)39(87)46(26(12-72)104-54)107-56-43(91)40(88)35(83)23(9-69)102-56/h19-58,67-72,77-94H,5-14H2,1-4H3,(H,63,73)(H,64,74)(H,65,75)(H,66,76)(H,95,96)(H,97,98)/t19-,20-,21+,22+,23+,24+,25+,26+,27+,28+,29+,30+,31+,32+,33+,34+,35-,36-,37+,38-,39+,40-,41-,42+,43+,44+,45+,46+,47+,48+,49+,50+,51-,52-,53?,54+,55-,56-,57-,58-,61+,62-/m0/s1. The summed E-state index contributed by atoms with van der Waals surface area (Å²) in [5.74, 6) is -15.2. The lowest BCUT2D eigenvalue weighted by Gasteiger charge is -2.52. The van der Waals surface area contributed by atoms with E-state index in [1.54, 1.807) is 0 Å². The molecular weight excluding hydrogens is 1550 g/mol. The fourth-order valence-electron chi connectivity index (χ4n) is 14.3. The topological polar surface area (TPSA) is 815 Å². The van der Waals surface area contributed by atoms with E-state index in [4.69, 9.17) is 71.1 Å². The molecule has 8 rings (SSSR count). The third-order valence-corrected chi connectivity index (χ3v) is 20.2. The zero-order valence-electron chi connectivity index (χ0n) is 60.4. The molecule has 8 aliphatic rings. The SMILES string of the molecule is CC(=O)N[C@H]1[C@H](OC[C@H]2O[C@@H](O[C@H]3[C@@H](O)[C@@H](O)C(O)O[C@@H]3CO)[C@H](O)[C@@H](O[C@@H]3O[C@H](CO[C@]4(C(=O)O)C[C@H](O)[C@@H](NC(C)=O)[C@H]([C@H](O)[C@H](O)CO)O4)[C@@H](O)[C@H](O[C@@H]4O[C@H](CO)[C@H](O)[C@H](O[C@]5(C(=O)O)C[C@H](O)[C@@H](NC(C)=O)[C@H]([C@H](O)[C@H](O)CO)O5)[C@H]4O)[C@H]3NC(C)=O)[C@H]2O)O[C@H](CO)[C@@H](O[C@@H]2O[C@H](CO)[C@H](O)[C@H](O)[C@H]2O)[C@@H]1O. The zero-order chi connectivity index (χ0) is 84.1. The molecule has 0 aromatic heterocycles. The van der Waals surface area contributed by atoms with Gasteiger partial charge in [-0.3, -0.25) is 19.2 Å². The number of aliphatic hydroxyl groups excluding tert-OH is 24. The molecule has 0 aromatic rings. The number of amides is 4. The molecule has 0 saturated carbocycles. The fraction of sp³-hybridized carbons (Fsp3) is 0.903. The van der Waals surface area contributed by atoms with E-state index in [0.717, 1.165) is 27.7 Å². The van der Waals surface area contributed by atoms with Crippen molar-refractivity contribution in [1.29, 1.82) is 0 Å². The Bertz CT molecular complexity index is 3110. The Morgan fingerprint density at radius 3 is 1.25 bits per heavy atom. The van der Waals surface area contributed by atoms with E-state index >= 15 is 0 Å². The van der Waals surface area contributed by atoms with Crippen LogP contribution < -0.4 is 21.3 Å². The van der Waals surface area contributed by atoms with Crippen LogP contribution in [0.15, 0.2) is 0 Å². The van der Waals surface area contributed by atoms with Gasteiger partial charge in [0, 0.05) is 40.5 Å². The molecule has 4 amide bonds. The number of aliphatic hydroxyl groups is 24. The van der Waals surface area contributed by atoms with Crippen LogP contribution in [0.4, 0.5) is 0 Å². The molecule has 0 spiro atoms. The van der Waals surface area contributed by atoms with Crippen LogP contribution in [-0.2, 0) is 99.8 Å². The Morgan fingerprint density at radius 2 is 0.752 bits per heavy atom. The van der Waals surface area contributed by atoms with E-state index in [1.165, 1.54) is 0 Å². The first kappa shape index (κ1) is 93.8. The van der Waals surface area contributed by atoms with Gasteiger partial charge in [-0.15, -0.1) is 0 Å². The first-order valence-corrected chi connectivity index (χ1v) is 35.4. The van der Waals surface area contributed by atoms with Crippen LogP contribution in [0.5, 0.6) is 0 Å². The summed E-state index contributed by atoms with van der Waals surface area (Å²) in [5.41, 5.74) is 0. The van der Waals surface area contributed by atoms with Gasteiger partial charge in [-0.05, 0) is 0 Å². The Kier molecular flexibility index (Phi) is 33.1. The molecule has 0 aromatic carbocycles. The number of carboxylic acids is 2. The molecule has 0 radical (unpaired) electrons. The summed E-state index contributed by atoms with van der Waals surface area (Å²) in [4.78, 5) is 78.2. The van der Waals surface area contributed by atoms with Crippen LogP contribution in [0.2, 0.25) is 0 Å². The number of nitrogens with one attached hydrogen (secondary N) is 4. The maximum absolute atomic E-state index is 13.6. The quantitative estimate of drug-likeness (QED) is 0.0297. The smallest absolute Gasteiger partial charge is 0.364 e. The predicted octanol–water partition coefficient (Wildman–Crippen LogP) is -19.5. The average molecular weight is 1660 g/mol. The van der Waals surface area contributed by atoms with E-state index in [2.05, 4.69) is 21.3 Å². The van der Waals surface area contributed by atoms with Gasteiger partial charge < -0.3 is 225 Å². The maximum Gasteiger partial charge on any atom is 0.364 e. The van der Waals surface area contributed by atoms with Gasteiger partial charge in [0.15, 0.2) is 37.7 Å². The third kappa shape index (κ3) is 20.8. The molecule has 8 heterocycles. The van der Waals surface area contributed by atoms with Crippen molar-refractivity contribution in [3.63, 3.8) is 0 Å². The van der Waals surface area contributed by atoms with Crippen LogP contribution in [0.25, 0.3) is 0 Å². The molecule has 30 N–H and O–H groups in total. The molecule has 8 fully saturated rings. The maximum atomic E-state index is 13.6. The second kappa shape index (κ2) is 39.9. The molecular formula is C62H102N4O47. The fourth-order valence-corrected chi connectivity index (χ4v) is 14.3. The summed E-state index contributed by atoms with van der Waals surface area (Å²) < 4.78 is 87.8.